The van der Waals surface area contributed by atoms with Crippen LogP contribution in [-0.4, -0.2) is 68.8 Å². The third-order valence-electron chi connectivity index (χ3n) is 6.11. The monoisotopic (exact) mass is 429 g/mol. The molecular weight excluding hydrogens is 402 g/mol. The number of carbonyl (C=O) groups excluding carboxylic acids is 2. The molecular formula is C22H28ClN5O2. The molecule has 2 aromatic rings. The lowest BCUT2D eigenvalue weighted by molar-refractivity contribution is -0.144. The van der Waals surface area contributed by atoms with Crippen molar-refractivity contribution in [3.05, 3.63) is 53.1 Å². The number of hydrogen-bond donors (Lipinski definition) is 0. The molecule has 2 saturated heterocycles. The van der Waals surface area contributed by atoms with Crippen LogP contribution in [0.2, 0.25) is 5.02 Å². The minimum atomic E-state index is -0.115. The molecule has 0 N–H and O–H groups in total. The van der Waals surface area contributed by atoms with Gasteiger partial charge in [0.25, 0.3) is 0 Å². The Kier molecular flexibility index (Phi) is 6.39. The molecule has 4 rings (SSSR count). The average Bonchev–Trinajstić information content (AvgIpc) is 3.16. The minimum Gasteiger partial charge on any atom is -0.340 e. The van der Waals surface area contributed by atoms with Gasteiger partial charge in [0.2, 0.25) is 11.8 Å². The van der Waals surface area contributed by atoms with E-state index < -0.39 is 0 Å². The lowest BCUT2D eigenvalue weighted by Crippen LogP contribution is -2.52. The summed E-state index contributed by atoms with van der Waals surface area (Å²) in [6.07, 6.45) is 4.84. The maximum absolute atomic E-state index is 13.1. The fourth-order valence-corrected chi connectivity index (χ4v) is 4.34. The van der Waals surface area contributed by atoms with Gasteiger partial charge in [-0.05, 0) is 24.1 Å². The first-order valence-corrected chi connectivity index (χ1v) is 10.9. The van der Waals surface area contributed by atoms with Gasteiger partial charge >= 0.3 is 0 Å². The summed E-state index contributed by atoms with van der Waals surface area (Å²) in [4.78, 5) is 36.0. The van der Waals surface area contributed by atoms with Crippen molar-refractivity contribution in [2.75, 3.05) is 32.7 Å². The number of piperazine rings is 1. The van der Waals surface area contributed by atoms with Crippen molar-refractivity contribution in [1.82, 2.24) is 24.3 Å². The van der Waals surface area contributed by atoms with Gasteiger partial charge in [-0.3, -0.25) is 14.5 Å². The highest BCUT2D eigenvalue weighted by atomic mass is 35.5. The molecule has 2 fully saturated rings. The van der Waals surface area contributed by atoms with Crippen molar-refractivity contribution in [3.8, 4) is 0 Å². The Labute approximate surface area is 182 Å². The number of nitrogens with zero attached hydrogens (tertiary/aromatic N) is 5. The summed E-state index contributed by atoms with van der Waals surface area (Å²) in [5.41, 5.74) is 1.03. The number of piperidine rings is 1. The van der Waals surface area contributed by atoms with E-state index in [2.05, 4.69) is 9.88 Å². The number of rotatable bonds is 5. The summed E-state index contributed by atoms with van der Waals surface area (Å²) in [7, 11) is 2.00. The molecule has 3 heterocycles. The van der Waals surface area contributed by atoms with Gasteiger partial charge in [0, 0.05) is 70.2 Å². The van der Waals surface area contributed by atoms with E-state index in [1.165, 1.54) is 0 Å². The van der Waals surface area contributed by atoms with Crippen LogP contribution in [-0.2, 0) is 29.7 Å². The lowest BCUT2D eigenvalue weighted by Gasteiger charge is -2.38. The Morgan fingerprint density at radius 1 is 1.13 bits per heavy atom. The van der Waals surface area contributed by atoms with Gasteiger partial charge in [-0.15, -0.1) is 0 Å². The van der Waals surface area contributed by atoms with Crippen LogP contribution in [0.5, 0.6) is 0 Å². The second kappa shape index (κ2) is 9.18. The van der Waals surface area contributed by atoms with Crippen LogP contribution in [0.15, 0.2) is 36.7 Å². The largest absolute Gasteiger partial charge is 0.340 e. The first kappa shape index (κ1) is 20.9. The van der Waals surface area contributed by atoms with E-state index in [0.717, 1.165) is 44.1 Å². The van der Waals surface area contributed by atoms with Crippen LogP contribution in [0.4, 0.5) is 0 Å². The predicted molar refractivity (Wildman–Crippen MR) is 115 cm³/mol. The minimum absolute atomic E-state index is 0.115. The van der Waals surface area contributed by atoms with Crippen molar-refractivity contribution in [2.45, 2.75) is 25.9 Å². The molecule has 2 aliphatic heterocycles. The highest BCUT2D eigenvalue weighted by Crippen LogP contribution is 2.23. The van der Waals surface area contributed by atoms with Crippen LogP contribution in [0.25, 0.3) is 0 Å². The molecule has 0 aliphatic carbocycles. The third-order valence-corrected chi connectivity index (χ3v) is 6.36. The van der Waals surface area contributed by atoms with Crippen LogP contribution in [0.1, 0.15) is 24.2 Å². The number of aryl methyl sites for hydroxylation is 1. The van der Waals surface area contributed by atoms with Gasteiger partial charge in [-0.2, -0.15) is 0 Å². The summed E-state index contributed by atoms with van der Waals surface area (Å²) in [6.45, 7) is 4.97. The fourth-order valence-electron chi connectivity index (χ4n) is 4.21. The molecule has 2 amide bonds. The Bertz CT molecular complexity index is 889. The fraction of sp³-hybridized carbons (Fsp3) is 0.500. The molecule has 2 aliphatic rings. The smallest absolute Gasteiger partial charge is 0.227 e. The van der Waals surface area contributed by atoms with Gasteiger partial charge in [0.15, 0.2) is 0 Å². The zero-order chi connectivity index (χ0) is 21.1. The van der Waals surface area contributed by atoms with Gasteiger partial charge in [0.1, 0.15) is 5.82 Å². The maximum atomic E-state index is 13.1. The summed E-state index contributed by atoms with van der Waals surface area (Å²) in [5, 5.41) is 0.679. The van der Waals surface area contributed by atoms with Crippen LogP contribution < -0.4 is 0 Å². The Morgan fingerprint density at radius 2 is 1.87 bits per heavy atom. The van der Waals surface area contributed by atoms with Crippen molar-refractivity contribution in [1.29, 1.82) is 0 Å². The SMILES string of the molecule is Cn1ccnc1CN1CCN(C(=O)C2CCC(=O)N(Cc3ccc(Cl)cc3)C2)CC1. The number of carbonyl (C=O) groups is 2. The van der Waals surface area contributed by atoms with Gasteiger partial charge < -0.3 is 14.4 Å². The standard InChI is InChI=1S/C22H28ClN5O2/c1-25-9-8-24-20(25)16-26-10-12-27(13-11-26)22(30)18-4-7-21(29)28(15-18)14-17-2-5-19(23)6-3-17/h2-3,5-6,8-9,18H,4,7,10-16H2,1H3. The summed E-state index contributed by atoms with van der Waals surface area (Å²) < 4.78 is 2.03. The molecule has 160 valence electrons. The van der Waals surface area contributed by atoms with Crippen LogP contribution in [0.3, 0.4) is 0 Å². The van der Waals surface area contributed by atoms with E-state index in [0.29, 0.717) is 31.0 Å². The zero-order valence-electron chi connectivity index (χ0n) is 17.3. The topological polar surface area (TPSA) is 61.7 Å². The molecule has 0 spiro atoms. The number of hydrogen-bond acceptors (Lipinski definition) is 4. The van der Waals surface area contributed by atoms with E-state index >= 15 is 0 Å². The number of amides is 2. The highest BCUT2D eigenvalue weighted by Gasteiger charge is 2.34. The number of imidazole rings is 1. The first-order valence-electron chi connectivity index (χ1n) is 10.5. The zero-order valence-corrected chi connectivity index (χ0v) is 18.1. The normalized spacial score (nSPS) is 20.6. The van der Waals surface area contributed by atoms with E-state index in [9.17, 15) is 9.59 Å². The van der Waals surface area contributed by atoms with Crippen LogP contribution >= 0.6 is 11.6 Å². The molecule has 1 aromatic heterocycles. The number of halogens is 1. The maximum Gasteiger partial charge on any atom is 0.227 e. The molecule has 1 aromatic carbocycles. The predicted octanol–water partition coefficient (Wildman–Crippen LogP) is 2.16. The summed E-state index contributed by atoms with van der Waals surface area (Å²) in [5.74, 6) is 1.23. The molecule has 30 heavy (non-hydrogen) atoms. The van der Waals surface area contributed by atoms with Crippen molar-refractivity contribution in [2.24, 2.45) is 13.0 Å². The number of benzene rings is 1. The van der Waals surface area contributed by atoms with Crippen molar-refractivity contribution < 1.29 is 9.59 Å². The molecule has 1 atom stereocenters. The van der Waals surface area contributed by atoms with Gasteiger partial charge in [-0.1, -0.05) is 23.7 Å². The van der Waals surface area contributed by atoms with E-state index in [1.54, 1.807) is 0 Å². The van der Waals surface area contributed by atoms with E-state index in [4.69, 9.17) is 11.6 Å². The molecule has 7 nitrogen and oxygen atoms in total. The summed E-state index contributed by atoms with van der Waals surface area (Å²) in [6, 6.07) is 7.53. The quantitative estimate of drug-likeness (QED) is 0.730. The average molecular weight is 430 g/mol. The molecule has 8 heteroatoms. The van der Waals surface area contributed by atoms with Gasteiger partial charge in [0.05, 0.1) is 12.5 Å². The molecule has 0 saturated carbocycles. The first-order chi connectivity index (χ1) is 14.5. The Balaban J connectivity index is 1.30. The second-order valence-corrected chi connectivity index (χ2v) is 8.63. The lowest BCUT2D eigenvalue weighted by atomic mass is 9.95. The number of aromatic nitrogens is 2. The molecule has 1 unspecified atom stereocenters. The van der Waals surface area contributed by atoms with Crippen molar-refractivity contribution in [3.63, 3.8) is 0 Å². The highest BCUT2D eigenvalue weighted by molar-refractivity contribution is 6.30. The molecule has 0 bridgehead atoms. The second-order valence-electron chi connectivity index (χ2n) is 8.19. The van der Waals surface area contributed by atoms with Crippen molar-refractivity contribution >= 4 is 23.4 Å². The van der Waals surface area contributed by atoms with Crippen LogP contribution in [0, 0.1) is 5.92 Å². The third kappa shape index (κ3) is 4.84. The van der Waals surface area contributed by atoms with E-state index in [-0.39, 0.29) is 17.7 Å². The van der Waals surface area contributed by atoms with Gasteiger partial charge in [-0.25, -0.2) is 4.98 Å². The summed E-state index contributed by atoms with van der Waals surface area (Å²) >= 11 is 5.95. The number of likely N-dealkylation sites (tertiary alicyclic amines) is 1. The Hall–Kier alpha value is -2.38. The van der Waals surface area contributed by atoms with E-state index in [1.807, 2.05) is 58.1 Å². The Morgan fingerprint density at radius 3 is 2.53 bits per heavy atom. The molecule has 0 radical (unpaired) electrons.